The van der Waals surface area contributed by atoms with Crippen LogP contribution in [0, 0.1) is 0 Å². The highest BCUT2D eigenvalue weighted by molar-refractivity contribution is 5.77. The molecule has 0 saturated carbocycles. The average Bonchev–Trinajstić information content (AvgIpc) is 2.44. The molecule has 0 aliphatic rings. The lowest BCUT2D eigenvalue weighted by atomic mass is 10.3. The molecule has 1 atom stereocenters. The summed E-state index contributed by atoms with van der Waals surface area (Å²) in [7, 11) is 0. The Morgan fingerprint density at radius 3 is 2.92 bits per heavy atom. The molecule has 0 bridgehead atoms. The molecule has 1 aromatic heterocycles. The van der Waals surface area contributed by atoms with Crippen molar-refractivity contribution in [3.8, 4) is 0 Å². The Morgan fingerprint density at radius 1 is 1.46 bits per heavy atom. The van der Waals surface area contributed by atoms with Gasteiger partial charge >= 0.3 is 0 Å². The first kappa shape index (κ1) is 8.26. The van der Waals surface area contributed by atoms with Gasteiger partial charge in [0.1, 0.15) is 0 Å². The van der Waals surface area contributed by atoms with Crippen molar-refractivity contribution in [2.75, 3.05) is 0 Å². The number of fused-ring (bicyclic) bond motifs is 1. The summed E-state index contributed by atoms with van der Waals surface area (Å²) in [6, 6.07) is 7.92. The van der Waals surface area contributed by atoms with Crippen molar-refractivity contribution >= 4 is 10.9 Å². The van der Waals surface area contributed by atoms with E-state index in [2.05, 4.69) is 5.10 Å². The minimum atomic E-state index is -0.352. The third kappa shape index (κ3) is 1.70. The van der Waals surface area contributed by atoms with Crippen molar-refractivity contribution in [2.24, 2.45) is 0 Å². The Labute approximate surface area is 76.6 Å². The zero-order valence-electron chi connectivity index (χ0n) is 7.51. The van der Waals surface area contributed by atoms with Crippen LogP contribution in [0.1, 0.15) is 6.92 Å². The maximum atomic E-state index is 9.17. The number of rotatable bonds is 2. The number of hydrogen-bond donors (Lipinski definition) is 1. The van der Waals surface area contributed by atoms with Crippen LogP contribution in [0.25, 0.3) is 10.9 Å². The van der Waals surface area contributed by atoms with Crippen LogP contribution < -0.4 is 0 Å². The van der Waals surface area contributed by atoms with E-state index in [0.29, 0.717) is 6.54 Å². The first-order valence-electron chi connectivity index (χ1n) is 4.36. The summed E-state index contributed by atoms with van der Waals surface area (Å²) >= 11 is 0. The summed E-state index contributed by atoms with van der Waals surface area (Å²) in [5, 5.41) is 14.6. The summed E-state index contributed by atoms with van der Waals surface area (Å²) in [5.74, 6) is 0. The molecular formula is C10H12N2O. The Morgan fingerprint density at radius 2 is 2.23 bits per heavy atom. The highest BCUT2D eigenvalue weighted by Crippen LogP contribution is 2.10. The predicted octanol–water partition coefficient (Wildman–Crippen LogP) is 1.42. The van der Waals surface area contributed by atoms with Crippen LogP contribution >= 0.6 is 0 Å². The van der Waals surface area contributed by atoms with Crippen LogP contribution in [-0.2, 0) is 6.54 Å². The van der Waals surface area contributed by atoms with Gasteiger partial charge in [0.05, 0.1) is 18.2 Å². The van der Waals surface area contributed by atoms with Crippen molar-refractivity contribution in [2.45, 2.75) is 19.6 Å². The van der Waals surface area contributed by atoms with Gasteiger partial charge in [0, 0.05) is 11.6 Å². The van der Waals surface area contributed by atoms with Crippen LogP contribution in [0.3, 0.4) is 0 Å². The lowest BCUT2D eigenvalue weighted by Gasteiger charge is -2.02. The summed E-state index contributed by atoms with van der Waals surface area (Å²) < 4.78 is 1.77. The van der Waals surface area contributed by atoms with Crippen LogP contribution in [0.15, 0.2) is 30.5 Å². The third-order valence-corrected chi connectivity index (χ3v) is 1.91. The maximum absolute atomic E-state index is 9.17. The first-order chi connectivity index (χ1) is 6.25. The molecule has 1 aromatic carbocycles. The number of aliphatic hydroxyl groups is 1. The second kappa shape index (κ2) is 3.18. The first-order valence-corrected chi connectivity index (χ1v) is 4.36. The van der Waals surface area contributed by atoms with Crippen LogP contribution in [0.4, 0.5) is 0 Å². The molecular weight excluding hydrogens is 164 g/mol. The second-order valence-electron chi connectivity index (χ2n) is 3.26. The molecule has 0 saturated heterocycles. The molecule has 1 heterocycles. The molecule has 0 amide bonds. The minimum absolute atomic E-state index is 0.352. The van der Waals surface area contributed by atoms with E-state index in [1.807, 2.05) is 30.5 Å². The highest BCUT2D eigenvalue weighted by Gasteiger charge is 2.01. The van der Waals surface area contributed by atoms with Crippen LogP contribution in [-0.4, -0.2) is 21.0 Å². The Bertz CT molecular complexity index is 373. The minimum Gasteiger partial charge on any atom is -0.391 e. The van der Waals surface area contributed by atoms with Crippen LogP contribution in [0.2, 0.25) is 0 Å². The molecule has 0 radical (unpaired) electrons. The van der Waals surface area contributed by atoms with Gasteiger partial charge in [0.15, 0.2) is 0 Å². The van der Waals surface area contributed by atoms with Crippen molar-refractivity contribution < 1.29 is 5.11 Å². The predicted molar refractivity (Wildman–Crippen MR) is 51.4 cm³/mol. The Hall–Kier alpha value is -1.35. The van der Waals surface area contributed by atoms with E-state index in [-0.39, 0.29) is 6.10 Å². The van der Waals surface area contributed by atoms with Gasteiger partial charge in [-0.1, -0.05) is 18.2 Å². The summed E-state index contributed by atoms with van der Waals surface area (Å²) in [6.07, 6.45) is 1.59. The normalized spacial score (nSPS) is 13.4. The lowest BCUT2D eigenvalue weighted by molar-refractivity contribution is 0.169. The number of nitrogens with zero attached hydrogens (tertiary/aromatic N) is 2. The van der Waals surface area contributed by atoms with E-state index in [4.69, 9.17) is 0 Å². The lowest BCUT2D eigenvalue weighted by Crippen LogP contribution is -2.11. The number of aliphatic hydroxyl groups excluding tert-OH is 1. The Kier molecular flexibility index (Phi) is 2.02. The maximum Gasteiger partial charge on any atom is 0.0923 e. The molecule has 0 fully saturated rings. The van der Waals surface area contributed by atoms with Crippen LogP contribution in [0.5, 0.6) is 0 Å². The van der Waals surface area contributed by atoms with E-state index in [1.165, 1.54) is 0 Å². The molecule has 13 heavy (non-hydrogen) atoms. The average molecular weight is 176 g/mol. The molecule has 0 aliphatic carbocycles. The van der Waals surface area contributed by atoms with Gasteiger partial charge in [-0.05, 0) is 13.0 Å². The van der Waals surface area contributed by atoms with Gasteiger partial charge in [-0.15, -0.1) is 0 Å². The fourth-order valence-electron chi connectivity index (χ4n) is 1.38. The number of aromatic nitrogens is 2. The summed E-state index contributed by atoms with van der Waals surface area (Å²) in [5.41, 5.74) is 0.975. The molecule has 0 aliphatic heterocycles. The van der Waals surface area contributed by atoms with Gasteiger partial charge in [0.25, 0.3) is 0 Å². The zero-order chi connectivity index (χ0) is 9.26. The Balaban J connectivity index is 2.38. The zero-order valence-corrected chi connectivity index (χ0v) is 7.51. The molecule has 3 nitrogen and oxygen atoms in total. The number of benzene rings is 1. The van der Waals surface area contributed by atoms with E-state index in [9.17, 15) is 5.11 Å². The summed E-state index contributed by atoms with van der Waals surface area (Å²) in [4.78, 5) is 0. The van der Waals surface area contributed by atoms with Gasteiger partial charge < -0.3 is 5.11 Å². The van der Waals surface area contributed by atoms with Crippen molar-refractivity contribution in [3.63, 3.8) is 0 Å². The standard InChI is InChI=1S/C10H12N2O/c1-8(13)6-12-7-9-4-2-3-5-10(9)11-12/h2-5,7-8,13H,6H2,1H3. The molecule has 3 heteroatoms. The molecule has 0 spiro atoms. The number of hydrogen-bond acceptors (Lipinski definition) is 2. The van der Waals surface area contributed by atoms with Crippen molar-refractivity contribution in [1.29, 1.82) is 0 Å². The third-order valence-electron chi connectivity index (χ3n) is 1.91. The highest BCUT2D eigenvalue weighted by atomic mass is 16.3. The second-order valence-corrected chi connectivity index (χ2v) is 3.26. The quantitative estimate of drug-likeness (QED) is 0.751. The van der Waals surface area contributed by atoms with Gasteiger partial charge in [0.2, 0.25) is 0 Å². The molecule has 2 aromatic rings. The molecule has 1 unspecified atom stereocenters. The monoisotopic (exact) mass is 176 g/mol. The largest absolute Gasteiger partial charge is 0.391 e. The summed E-state index contributed by atoms with van der Waals surface area (Å²) in [6.45, 7) is 2.31. The fourth-order valence-corrected chi connectivity index (χ4v) is 1.38. The smallest absolute Gasteiger partial charge is 0.0923 e. The van der Waals surface area contributed by atoms with E-state index < -0.39 is 0 Å². The van der Waals surface area contributed by atoms with Crippen molar-refractivity contribution in [3.05, 3.63) is 30.5 Å². The molecule has 68 valence electrons. The van der Waals surface area contributed by atoms with E-state index >= 15 is 0 Å². The topological polar surface area (TPSA) is 38.0 Å². The van der Waals surface area contributed by atoms with Gasteiger partial charge in [-0.2, -0.15) is 5.10 Å². The fraction of sp³-hybridized carbons (Fsp3) is 0.300. The van der Waals surface area contributed by atoms with Gasteiger partial charge in [-0.3, -0.25) is 4.68 Å². The van der Waals surface area contributed by atoms with E-state index in [0.717, 1.165) is 10.9 Å². The van der Waals surface area contributed by atoms with E-state index in [1.54, 1.807) is 11.6 Å². The molecule has 1 N–H and O–H groups in total. The SMILES string of the molecule is CC(O)Cn1cc2ccccc2n1. The van der Waals surface area contributed by atoms with Crippen molar-refractivity contribution in [1.82, 2.24) is 9.78 Å². The molecule has 2 rings (SSSR count). The van der Waals surface area contributed by atoms with Gasteiger partial charge in [-0.25, -0.2) is 0 Å².